The predicted octanol–water partition coefficient (Wildman–Crippen LogP) is 6.16. The number of carbonyl (C=O) groups excluding carboxylic acids is 2. The van der Waals surface area contributed by atoms with Crippen LogP contribution in [-0.2, 0) is 20.8 Å². The first-order valence-electron chi connectivity index (χ1n) is 15.1. The molecule has 2 fully saturated rings. The van der Waals surface area contributed by atoms with Crippen molar-refractivity contribution in [1.29, 1.82) is 0 Å². The van der Waals surface area contributed by atoms with Crippen molar-refractivity contribution in [2.45, 2.75) is 59.0 Å². The zero-order chi connectivity index (χ0) is 28.9. The van der Waals surface area contributed by atoms with Crippen molar-refractivity contribution in [3.63, 3.8) is 0 Å². The number of nitrogens with zero attached hydrogens (tertiary/aromatic N) is 2. The minimum absolute atomic E-state index is 0.0989. The summed E-state index contributed by atoms with van der Waals surface area (Å²) in [4.78, 5) is 31.3. The van der Waals surface area contributed by atoms with Crippen LogP contribution in [0.3, 0.4) is 0 Å². The van der Waals surface area contributed by atoms with E-state index in [0.717, 1.165) is 98.0 Å². The Morgan fingerprint density at radius 1 is 0.927 bits per heavy atom. The molecule has 2 aromatic carbocycles. The van der Waals surface area contributed by atoms with Crippen LogP contribution in [0.4, 0.5) is 5.69 Å². The second kappa shape index (κ2) is 13.3. The first kappa shape index (κ1) is 29.4. The lowest BCUT2D eigenvalue weighted by molar-refractivity contribution is -0.117. The Hall–Kier alpha value is -3.06. The quantitative estimate of drug-likeness (QED) is 0.345. The second-order valence-corrected chi connectivity index (χ2v) is 11.9. The van der Waals surface area contributed by atoms with Crippen LogP contribution >= 0.6 is 0 Å². The van der Waals surface area contributed by atoms with Gasteiger partial charge in [-0.1, -0.05) is 35.9 Å². The Labute approximate surface area is 245 Å². The first-order chi connectivity index (χ1) is 19.8. The molecule has 6 heteroatoms. The van der Waals surface area contributed by atoms with Gasteiger partial charge in [0.2, 0.25) is 0 Å². The Morgan fingerprint density at radius 3 is 2.29 bits per heavy atom. The number of rotatable bonds is 9. The van der Waals surface area contributed by atoms with Gasteiger partial charge < -0.3 is 14.4 Å². The van der Waals surface area contributed by atoms with Gasteiger partial charge in [0, 0.05) is 69.5 Å². The van der Waals surface area contributed by atoms with Gasteiger partial charge in [0.25, 0.3) is 0 Å². The molecule has 0 spiro atoms. The average molecular weight is 557 g/mol. The molecule has 2 saturated heterocycles. The Morgan fingerprint density at radius 2 is 1.61 bits per heavy atom. The number of allylic oxidation sites excluding steroid dienone is 4. The van der Waals surface area contributed by atoms with Crippen LogP contribution in [0.2, 0.25) is 0 Å². The van der Waals surface area contributed by atoms with Crippen molar-refractivity contribution < 1.29 is 19.1 Å². The fourth-order valence-electron chi connectivity index (χ4n) is 6.44. The smallest absolute Gasteiger partial charge is 0.163 e. The maximum atomic E-state index is 13.8. The fourth-order valence-corrected chi connectivity index (χ4v) is 6.44. The standard InChI is InChI=1S/C35H44N2O4/c1-24-19-25(2)31(35(39)20-24)9-10-34(38)32-21-29(22-33(26(32)3)36(4)30-11-15-40-16-12-30)28-7-5-27(6-8-28)23-37-13-17-41-18-14-37/h5-8,19-22,30-31H,9-18,23H2,1-4H3. The molecule has 0 saturated carbocycles. The first-order valence-corrected chi connectivity index (χ1v) is 15.1. The van der Waals surface area contributed by atoms with Gasteiger partial charge in [-0.15, -0.1) is 0 Å². The number of anilines is 1. The van der Waals surface area contributed by atoms with Crippen LogP contribution in [0.25, 0.3) is 11.1 Å². The fraction of sp³-hybridized carbons (Fsp3) is 0.486. The summed E-state index contributed by atoms with van der Waals surface area (Å²) < 4.78 is 11.1. The van der Waals surface area contributed by atoms with Crippen LogP contribution in [0.15, 0.2) is 59.7 Å². The van der Waals surface area contributed by atoms with Crippen LogP contribution in [-0.4, -0.2) is 69.1 Å². The van der Waals surface area contributed by atoms with Gasteiger partial charge in [0.05, 0.1) is 13.2 Å². The summed E-state index contributed by atoms with van der Waals surface area (Å²) in [5.74, 6) is -0.00537. The highest BCUT2D eigenvalue weighted by Gasteiger charge is 2.26. The molecule has 3 aliphatic rings. The van der Waals surface area contributed by atoms with E-state index in [2.05, 4.69) is 66.2 Å². The third kappa shape index (κ3) is 7.06. The highest BCUT2D eigenvalue weighted by Crippen LogP contribution is 2.35. The van der Waals surface area contributed by atoms with Crippen LogP contribution in [0.5, 0.6) is 0 Å². The maximum absolute atomic E-state index is 13.8. The maximum Gasteiger partial charge on any atom is 0.163 e. The number of ether oxygens (including phenoxy) is 2. The molecule has 41 heavy (non-hydrogen) atoms. The topological polar surface area (TPSA) is 59.1 Å². The van der Waals surface area contributed by atoms with E-state index in [1.807, 2.05) is 13.8 Å². The minimum atomic E-state index is -0.213. The van der Waals surface area contributed by atoms with Crippen molar-refractivity contribution >= 4 is 17.3 Å². The summed E-state index contributed by atoms with van der Waals surface area (Å²) in [6.07, 6.45) is 6.60. The molecular weight excluding hydrogens is 512 g/mol. The lowest BCUT2D eigenvalue weighted by atomic mass is 9.84. The lowest BCUT2D eigenvalue weighted by Crippen LogP contribution is -2.37. The van der Waals surface area contributed by atoms with Gasteiger partial charge in [-0.05, 0) is 86.1 Å². The summed E-state index contributed by atoms with van der Waals surface area (Å²) in [6.45, 7) is 12.0. The number of morpholine rings is 1. The summed E-state index contributed by atoms with van der Waals surface area (Å²) >= 11 is 0. The molecule has 0 N–H and O–H groups in total. The van der Waals surface area contributed by atoms with E-state index in [4.69, 9.17) is 9.47 Å². The minimum Gasteiger partial charge on any atom is -0.381 e. The summed E-state index contributed by atoms with van der Waals surface area (Å²) in [6, 6.07) is 13.4. The zero-order valence-electron chi connectivity index (χ0n) is 25.1. The third-order valence-corrected chi connectivity index (χ3v) is 8.97. The monoisotopic (exact) mass is 556 g/mol. The van der Waals surface area contributed by atoms with Crippen molar-refractivity contribution in [3.05, 3.63) is 76.4 Å². The number of ketones is 2. The molecule has 0 bridgehead atoms. The molecule has 1 atom stereocenters. The number of hydrogen-bond acceptors (Lipinski definition) is 6. The molecule has 6 nitrogen and oxygen atoms in total. The summed E-state index contributed by atoms with van der Waals surface area (Å²) in [5, 5.41) is 0. The van der Waals surface area contributed by atoms with Crippen molar-refractivity contribution in [2.24, 2.45) is 5.92 Å². The van der Waals surface area contributed by atoms with Gasteiger partial charge in [-0.25, -0.2) is 0 Å². The molecule has 5 rings (SSSR count). The average Bonchev–Trinajstić information content (AvgIpc) is 2.97. The summed E-state index contributed by atoms with van der Waals surface area (Å²) in [7, 11) is 2.14. The molecule has 218 valence electrons. The molecule has 0 amide bonds. The van der Waals surface area contributed by atoms with Gasteiger partial charge >= 0.3 is 0 Å². The van der Waals surface area contributed by atoms with Crippen molar-refractivity contribution in [2.75, 3.05) is 51.5 Å². The zero-order valence-corrected chi connectivity index (χ0v) is 25.1. The number of hydrogen-bond donors (Lipinski definition) is 0. The van der Waals surface area contributed by atoms with Gasteiger partial charge in [0.15, 0.2) is 11.6 Å². The van der Waals surface area contributed by atoms with Crippen molar-refractivity contribution in [1.82, 2.24) is 4.90 Å². The largest absolute Gasteiger partial charge is 0.381 e. The molecule has 2 aliphatic heterocycles. The normalized spacial score (nSPS) is 20.5. The number of Topliss-reactive ketones (excluding diaryl/α,β-unsaturated/α-hetero) is 1. The van der Waals surface area contributed by atoms with E-state index in [-0.39, 0.29) is 17.5 Å². The van der Waals surface area contributed by atoms with E-state index in [1.54, 1.807) is 6.08 Å². The van der Waals surface area contributed by atoms with E-state index in [0.29, 0.717) is 18.9 Å². The molecule has 1 unspecified atom stereocenters. The molecule has 0 radical (unpaired) electrons. The number of carbonyl (C=O) groups is 2. The molecule has 0 aromatic heterocycles. The molecule has 1 aliphatic carbocycles. The van der Waals surface area contributed by atoms with E-state index >= 15 is 0 Å². The number of benzene rings is 2. The van der Waals surface area contributed by atoms with Crippen LogP contribution < -0.4 is 4.90 Å². The summed E-state index contributed by atoms with van der Waals surface area (Å²) in [5.41, 5.74) is 8.32. The Balaban J connectivity index is 1.41. The SMILES string of the molecule is CC1=CC(=O)C(CCC(=O)c2cc(-c3ccc(CN4CCOCC4)cc3)cc(N(C)C3CCOCC3)c2C)C(C)=C1. The van der Waals surface area contributed by atoms with Gasteiger partial charge in [-0.3, -0.25) is 14.5 Å². The van der Waals surface area contributed by atoms with Crippen LogP contribution in [0, 0.1) is 12.8 Å². The Kier molecular flexibility index (Phi) is 9.53. The Bertz CT molecular complexity index is 1310. The third-order valence-electron chi connectivity index (χ3n) is 8.97. The van der Waals surface area contributed by atoms with Crippen LogP contribution in [0.1, 0.15) is 61.0 Å². The van der Waals surface area contributed by atoms with Gasteiger partial charge in [-0.2, -0.15) is 0 Å². The predicted molar refractivity (Wildman–Crippen MR) is 165 cm³/mol. The lowest BCUT2D eigenvalue weighted by Gasteiger charge is -2.34. The second-order valence-electron chi connectivity index (χ2n) is 11.9. The molecule has 2 heterocycles. The van der Waals surface area contributed by atoms with Gasteiger partial charge in [0.1, 0.15) is 0 Å². The highest BCUT2D eigenvalue weighted by atomic mass is 16.5. The molecule has 2 aromatic rings. The van der Waals surface area contributed by atoms with E-state index in [1.165, 1.54) is 5.56 Å². The van der Waals surface area contributed by atoms with Crippen molar-refractivity contribution in [3.8, 4) is 11.1 Å². The van der Waals surface area contributed by atoms with E-state index < -0.39 is 0 Å². The molecular formula is C35H44N2O4. The highest BCUT2D eigenvalue weighted by molar-refractivity contribution is 6.01. The van der Waals surface area contributed by atoms with E-state index in [9.17, 15) is 9.59 Å².